The molecule has 0 aliphatic heterocycles. The van der Waals surface area contributed by atoms with Crippen LogP contribution in [0.25, 0.3) is 0 Å². The molecule has 132 valence electrons. The van der Waals surface area contributed by atoms with Crippen LogP contribution < -0.4 is 20.3 Å². The maximum absolute atomic E-state index is 13.0. The number of rotatable bonds is 6. The third-order valence-electron chi connectivity index (χ3n) is 3.21. The third kappa shape index (κ3) is 6.14. The van der Waals surface area contributed by atoms with Gasteiger partial charge in [0, 0.05) is 6.07 Å². The Kier molecular flexibility index (Phi) is 6.33. The molecule has 0 radical (unpaired) electrons. The van der Waals surface area contributed by atoms with E-state index in [0.29, 0.717) is 5.75 Å². The van der Waals surface area contributed by atoms with Crippen molar-refractivity contribution >= 4 is 11.8 Å². The van der Waals surface area contributed by atoms with Gasteiger partial charge < -0.3 is 9.47 Å². The maximum atomic E-state index is 13.0. The van der Waals surface area contributed by atoms with E-state index in [-0.39, 0.29) is 19.0 Å². The molecule has 7 heteroatoms. The summed E-state index contributed by atoms with van der Waals surface area (Å²) in [6.07, 6.45) is 0. The number of benzene rings is 2. The van der Waals surface area contributed by atoms with Crippen LogP contribution in [0.1, 0.15) is 11.1 Å². The van der Waals surface area contributed by atoms with Gasteiger partial charge in [-0.2, -0.15) is 0 Å². The molecule has 0 atom stereocenters. The highest BCUT2D eigenvalue weighted by Gasteiger charge is 2.08. The maximum Gasteiger partial charge on any atom is 0.276 e. The van der Waals surface area contributed by atoms with Crippen molar-refractivity contribution in [2.45, 2.75) is 13.8 Å². The summed E-state index contributed by atoms with van der Waals surface area (Å²) < 4.78 is 23.5. The predicted octanol–water partition coefficient (Wildman–Crippen LogP) is 2.05. The monoisotopic (exact) mass is 346 g/mol. The van der Waals surface area contributed by atoms with Crippen molar-refractivity contribution in [2.24, 2.45) is 0 Å². The number of amides is 2. The lowest BCUT2D eigenvalue weighted by Crippen LogP contribution is -2.45. The smallest absolute Gasteiger partial charge is 0.276 e. The zero-order valence-corrected chi connectivity index (χ0v) is 14.0. The van der Waals surface area contributed by atoms with Gasteiger partial charge in [0.25, 0.3) is 11.8 Å². The SMILES string of the molecule is Cc1ccc(C)c(OCC(=O)NNC(=O)COc2cccc(F)c2)c1. The summed E-state index contributed by atoms with van der Waals surface area (Å²) in [4.78, 5) is 23.3. The largest absolute Gasteiger partial charge is 0.484 e. The first-order valence-electron chi connectivity index (χ1n) is 7.60. The van der Waals surface area contributed by atoms with Gasteiger partial charge in [-0.3, -0.25) is 20.4 Å². The van der Waals surface area contributed by atoms with E-state index in [0.717, 1.165) is 17.2 Å². The minimum atomic E-state index is -0.579. The summed E-state index contributed by atoms with van der Waals surface area (Å²) in [6, 6.07) is 11.1. The molecule has 2 rings (SSSR count). The lowest BCUT2D eigenvalue weighted by molar-refractivity contribution is -0.131. The Morgan fingerprint density at radius 2 is 1.64 bits per heavy atom. The molecular weight excluding hydrogens is 327 g/mol. The second kappa shape index (κ2) is 8.68. The summed E-state index contributed by atoms with van der Waals surface area (Å²) in [5.41, 5.74) is 6.33. The average Bonchev–Trinajstić information content (AvgIpc) is 2.59. The Morgan fingerprint density at radius 1 is 0.960 bits per heavy atom. The Bertz CT molecular complexity index is 764. The molecule has 2 aromatic carbocycles. The molecule has 0 unspecified atom stereocenters. The average molecular weight is 346 g/mol. The molecule has 0 heterocycles. The lowest BCUT2D eigenvalue weighted by atomic mass is 10.1. The molecule has 25 heavy (non-hydrogen) atoms. The number of halogens is 1. The number of ether oxygens (including phenoxy) is 2. The molecule has 0 aliphatic carbocycles. The zero-order chi connectivity index (χ0) is 18.2. The highest BCUT2D eigenvalue weighted by Crippen LogP contribution is 2.18. The number of carbonyl (C=O) groups excluding carboxylic acids is 2. The Labute approximate surface area is 144 Å². The predicted molar refractivity (Wildman–Crippen MR) is 89.6 cm³/mol. The van der Waals surface area contributed by atoms with Crippen molar-refractivity contribution in [3.63, 3.8) is 0 Å². The van der Waals surface area contributed by atoms with E-state index in [4.69, 9.17) is 9.47 Å². The highest BCUT2D eigenvalue weighted by atomic mass is 19.1. The molecule has 0 saturated heterocycles. The van der Waals surface area contributed by atoms with Crippen LogP contribution in [0, 0.1) is 19.7 Å². The van der Waals surface area contributed by atoms with Gasteiger partial charge in [0.2, 0.25) is 0 Å². The van der Waals surface area contributed by atoms with Crippen molar-refractivity contribution in [3.8, 4) is 11.5 Å². The summed E-state index contributed by atoms with van der Waals surface area (Å²) in [7, 11) is 0. The molecule has 0 spiro atoms. The van der Waals surface area contributed by atoms with Crippen LogP contribution in [0.5, 0.6) is 11.5 Å². The van der Waals surface area contributed by atoms with Crippen LogP contribution in [0.2, 0.25) is 0 Å². The second-order valence-electron chi connectivity index (χ2n) is 5.40. The highest BCUT2D eigenvalue weighted by molar-refractivity contribution is 5.83. The van der Waals surface area contributed by atoms with Crippen LogP contribution in [-0.4, -0.2) is 25.0 Å². The van der Waals surface area contributed by atoms with E-state index in [9.17, 15) is 14.0 Å². The summed E-state index contributed by atoms with van der Waals surface area (Å²) in [6.45, 7) is 3.19. The summed E-state index contributed by atoms with van der Waals surface area (Å²) in [5.74, 6) is -0.727. The van der Waals surface area contributed by atoms with E-state index in [1.807, 2.05) is 32.0 Å². The van der Waals surface area contributed by atoms with Crippen molar-refractivity contribution in [1.82, 2.24) is 10.9 Å². The van der Waals surface area contributed by atoms with Crippen LogP contribution in [0.4, 0.5) is 4.39 Å². The number of nitrogens with one attached hydrogen (secondary N) is 2. The zero-order valence-electron chi connectivity index (χ0n) is 14.0. The first kappa shape index (κ1) is 18.3. The van der Waals surface area contributed by atoms with E-state index >= 15 is 0 Å². The van der Waals surface area contributed by atoms with Gasteiger partial charge in [-0.1, -0.05) is 18.2 Å². The Balaban J connectivity index is 1.70. The normalized spacial score (nSPS) is 10.0. The second-order valence-corrected chi connectivity index (χ2v) is 5.40. The molecule has 6 nitrogen and oxygen atoms in total. The van der Waals surface area contributed by atoms with Crippen LogP contribution in [0.3, 0.4) is 0 Å². The summed E-state index contributed by atoms with van der Waals surface area (Å²) in [5, 5.41) is 0. The first-order valence-corrected chi connectivity index (χ1v) is 7.60. The van der Waals surface area contributed by atoms with Crippen molar-refractivity contribution < 1.29 is 23.5 Å². The molecule has 0 bridgehead atoms. The van der Waals surface area contributed by atoms with Crippen molar-refractivity contribution in [1.29, 1.82) is 0 Å². The first-order chi connectivity index (χ1) is 11.9. The number of carbonyl (C=O) groups is 2. The molecular formula is C18H19FN2O4. The van der Waals surface area contributed by atoms with Gasteiger partial charge >= 0.3 is 0 Å². The van der Waals surface area contributed by atoms with Crippen LogP contribution in [0.15, 0.2) is 42.5 Å². The lowest BCUT2D eigenvalue weighted by Gasteiger charge is -2.11. The fourth-order valence-electron chi connectivity index (χ4n) is 1.92. The van der Waals surface area contributed by atoms with Gasteiger partial charge in [0.1, 0.15) is 17.3 Å². The van der Waals surface area contributed by atoms with E-state index in [1.54, 1.807) is 0 Å². The van der Waals surface area contributed by atoms with Crippen molar-refractivity contribution in [2.75, 3.05) is 13.2 Å². The molecule has 0 saturated carbocycles. The van der Waals surface area contributed by atoms with Gasteiger partial charge in [0.05, 0.1) is 0 Å². The van der Waals surface area contributed by atoms with Crippen molar-refractivity contribution in [3.05, 3.63) is 59.4 Å². The van der Waals surface area contributed by atoms with E-state index in [2.05, 4.69) is 10.9 Å². The number of aryl methyl sites for hydroxylation is 2. The molecule has 2 N–H and O–H groups in total. The van der Waals surface area contributed by atoms with Gasteiger partial charge in [-0.15, -0.1) is 0 Å². The quantitative estimate of drug-likeness (QED) is 0.785. The van der Waals surface area contributed by atoms with Gasteiger partial charge in [0.15, 0.2) is 13.2 Å². The summed E-state index contributed by atoms with van der Waals surface area (Å²) >= 11 is 0. The standard InChI is InChI=1S/C18H19FN2O4/c1-12-6-7-13(2)16(8-12)25-11-18(23)21-20-17(22)10-24-15-5-3-4-14(19)9-15/h3-9H,10-11H2,1-2H3,(H,20,22)(H,21,23). The minimum absolute atomic E-state index is 0.222. The molecule has 2 aromatic rings. The third-order valence-corrected chi connectivity index (χ3v) is 3.21. The van der Waals surface area contributed by atoms with Crippen LogP contribution in [-0.2, 0) is 9.59 Å². The topological polar surface area (TPSA) is 76.7 Å². The Morgan fingerprint density at radius 3 is 2.32 bits per heavy atom. The number of hydrazine groups is 1. The molecule has 2 amide bonds. The fraction of sp³-hybridized carbons (Fsp3) is 0.222. The molecule has 0 aliphatic rings. The van der Waals surface area contributed by atoms with E-state index < -0.39 is 17.6 Å². The Hall–Kier alpha value is -3.09. The van der Waals surface area contributed by atoms with Gasteiger partial charge in [-0.25, -0.2) is 4.39 Å². The molecule has 0 aromatic heterocycles. The van der Waals surface area contributed by atoms with Gasteiger partial charge in [-0.05, 0) is 43.2 Å². The van der Waals surface area contributed by atoms with E-state index in [1.165, 1.54) is 18.2 Å². The number of hydrogen-bond donors (Lipinski definition) is 2. The number of hydrogen-bond acceptors (Lipinski definition) is 4. The fourth-order valence-corrected chi connectivity index (χ4v) is 1.92. The molecule has 0 fully saturated rings. The minimum Gasteiger partial charge on any atom is -0.484 e. The van der Waals surface area contributed by atoms with Crippen LogP contribution >= 0.6 is 0 Å².